The van der Waals surface area contributed by atoms with Gasteiger partial charge in [0.25, 0.3) is 0 Å². The minimum absolute atomic E-state index is 0.571. The summed E-state index contributed by atoms with van der Waals surface area (Å²) < 4.78 is 15.4. The Morgan fingerprint density at radius 2 is 2.08 bits per heavy atom. The van der Waals surface area contributed by atoms with Crippen LogP contribution < -0.4 is 4.74 Å². The van der Waals surface area contributed by atoms with Crippen molar-refractivity contribution in [3.63, 3.8) is 0 Å². The fourth-order valence-electron chi connectivity index (χ4n) is 0.861. The van der Waals surface area contributed by atoms with Gasteiger partial charge in [-0.15, -0.1) is 0 Å². The molecule has 1 aromatic rings. The average Bonchev–Trinajstić information content (AvgIpc) is 2.63. The molecule has 0 radical (unpaired) electrons. The highest BCUT2D eigenvalue weighted by Crippen LogP contribution is 2.06. The SMILES string of the molecule is COCCOCCOc1cc[nH]c1. The van der Waals surface area contributed by atoms with Gasteiger partial charge in [0, 0.05) is 19.5 Å². The number of rotatable bonds is 7. The molecule has 1 rings (SSSR count). The fourth-order valence-corrected chi connectivity index (χ4v) is 0.861. The Balaban J connectivity index is 1.90. The van der Waals surface area contributed by atoms with Crippen molar-refractivity contribution in [2.75, 3.05) is 33.5 Å². The molecule has 0 saturated carbocycles. The number of aromatic amines is 1. The summed E-state index contributed by atoms with van der Waals surface area (Å²) in [4.78, 5) is 2.91. The van der Waals surface area contributed by atoms with Crippen LogP contribution in [0.4, 0.5) is 0 Å². The molecule has 1 aromatic heterocycles. The van der Waals surface area contributed by atoms with Crippen LogP contribution in [0, 0.1) is 0 Å². The minimum atomic E-state index is 0.571. The van der Waals surface area contributed by atoms with Gasteiger partial charge >= 0.3 is 0 Å². The third-order valence-corrected chi connectivity index (χ3v) is 1.50. The summed E-state index contributed by atoms with van der Waals surface area (Å²) in [6, 6.07) is 1.87. The van der Waals surface area contributed by atoms with Crippen molar-refractivity contribution in [2.24, 2.45) is 0 Å². The Hall–Kier alpha value is -1.00. The van der Waals surface area contributed by atoms with E-state index in [1.54, 1.807) is 13.3 Å². The lowest BCUT2D eigenvalue weighted by Crippen LogP contribution is -2.09. The third kappa shape index (κ3) is 4.55. The van der Waals surface area contributed by atoms with Crippen molar-refractivity contribution in [1.29, 1.82) is 0 Å². The smallest absolute Gasteiger partial charge is 0.136 e. The number of hydrogen-bond acceptors (Lipinski definition) is 3. The number of methoxy groups -OCH3 is 1. The molecule has 0 amide bonds. The minimum Gasteiger partial charge on any atom is -0.490 e. The molecule has 13 heavy (non-hydrogen) atoms. The molecule has 0 atom stereocenters. The van der Waals surface area contributed by atoms with Crippen molar-refractivity contribution in [3.05, 3.63) is 18.5 Å². The summed E-state index contributed by atoms with van der Waals surface area (Å²) in [5, 5.41) is 0. The maximum Gasteiger partial charge on any atom is 0.136 e. The molecular weight excluding hydrogens is 170 g/mol. The van der Waals surface area contributed by atoms with Crippen LogP contribution >= 0.6 is 0 Å². The van der Waals surface area contributed by atoms with Crippen molar-refractivity contribution in [1.82, 2.24) is 4.98 Å². The standard InChI is InChI=1S/C9H15NO3/c1-11-4-5-12-6-7-13-9-2-3-10-8-9/h2-3,8,10H,4-7H2,1H3. The number of ether oxygens (including phenoxy) is 3. The van der Waals surface area contributed by atoms with Gasteiger partial charge < -0.3 is 19.2 Å². The van der Waals surface area contributed by atoms with Gasteiger partial charge in [-0.1, -0.05) is 0 Å². The van der Waals surface area contributed by atoms with Crippen LogP contribution in [0.25, 0.3) is 0 Å². The zero-order valence-corrected chi connectivity index (χ0v) is 7.79. The van der Waals surface area contributed by atoms with Gasteiger partial charge in [-0.25, -0.2) is 0 Å². The van der Waals surface area contributed by atoms with E-state index in [0.29, 0.717) is 26.4 Å². The van der Waals surface area contributed by atoms with Crippen LogP contribution in [-0.4, -0.2) is 38.5 Å². The summed E-state index contributed by atoms with van der Waals surface area (Å²) in [5.74, 6) is 0.843. The van der Waals surface area contributed by atoms with Crippen LogP contribution in [0.3, 0.4) is 0 Å². The van der Waals surface area contributed by atoms with E-state index < -0.39 is 0 Å². The van der Waals surface area contributed by atoms with E-state index in [1.165, 1.54) is 0 Å². The van der Waals surface area contributed by atoms with E-state index in [-0.39, 0.29) is 0 Å². The van der Waals surface area contributed by atoms with Crippen LogP contribution in [0.1, 0.15) is 0 Å². The van der Waals surface area contributed by atoms with E-state index in [9.17, 15) is 0 Å². The molecular formula is C9H15NO3. The topological polar surface area (TPSA) is 43.5 Å². The maximum atomic E-state index is 5.33. The number of hydrogen-bond donors (Lipinski definition) is 1. The summed E-state index contributed by atoms with van der Waals surface area (Å²) in [7, 11) is 1.65. The van der Waals surface area contributed by atoms with Gasteiger partial charge in [0.2, 0.25) is 0 Å². The average molecular weight is 185 g/mol. The van der Waals surface area contributed by atoms with Crippen molar-refractivity contribution in [3.8, 4) is 5.75 Å². The molecule has 0 aliphatic heterocycles. The van der Waals surface area contributed by atoms with Crippen molar-refractivity contribution >= 4 is 0 Å². The molecule has 0 aromatic carbocycles. The van der Waals surface area contributed by atoms with Crippen molar-refractivity contribution in [2.45, 2.75) is 0 Å². The first-order chi connectivity index (χ1) is 6.43. The normalized spacial score (nSPS) is 10.2. The second-order valence-electron chi connectivity index (χ2n) is 2.50. The molecule has 0 fully saturated rings. The summed E-state index contributed by atoms with van der Waals surface area (Å²) in [5.41, 5.74) is 0. The van der Waals surface area contributed by atoms with Gasteiger partial charge in [0.15, 0.2) is 0 Å². The van der Waals surface area contributed by atoms with E-state index in [2.05, 4.69) is 4.98 Å². The second kappa shape index (κ2) is 6.51. The fraction of sp³-hybridized carbons (Fsp3) is 0.556. The third-order valence-electron chi connectivity index (χ3n) is 1.50. The Bertz CT molecular complexity index is 199. The lowest BCUT2D eigenvalue weighted by atomic mass is 10.6. The number of nitrogens with one attached hydrogen (secondary N) is 1. The van der Waals surface area contributed by atoms with Gasteiger partial charge in [0.05, 0.1) is 19.8 Å². The van der Waals surface area contributed by atoms with E-state index in [4.69, 9.17) is 14.2 Å². The van der Waals surface area contributed by atoms with Crippen LogP contribution in [0.15, 0.2) is 18.5 Å². The lowest BCUT2D eigenvalue weighted by molar-refractivity contribution is 0.0544. The largest absolute Gasteiger partial charge is 0.490 e. The molecule has 4 nitrogen and oxygen atoms in total. The van der Waals surface area contributed by atoms with E-state index in [0.717, 1.165) is 5.75 Å². The molecule has 0 unspecified atom stereocenters. The molecule has 74 valence electrons. The van der Waals surface area contributed by atoms with Crippen molar-refractivity contribution < 1.29 is 14.2 Å². The summed E-state index contributed by atoms with van der Waals surface area (Å²) >= 11 is 0. The highest BCUT2D eigenvalue weighted by Gasteiger charge is 1.92. The maximum absolute atomic E-state index is 5.33. The zero-order valence-electron chi connectivity index (χ0n) is 7.79. The molecule has 0 aliphatic carbocycles. The predicted molar refractivity (Wildman–Crippen MR) is 49.0 cm³/mol. The van der Waals surface area contributed by atoms with Crippen LogP contribution in [0.2, 0.25) is 0 Å². The molecule has 0 spiro atoms. The van der Waals surface area contributed by atoms with E-state index >= 15 is 0 Å². The summed E-state index contributed by atoms with van der Waals surface area (Å²) in [6.45, 7) is 2.41. The van der Waals surface area contributed by atoms with Crippen LogP contribution in [-0.2, 0) is 9.47 Å². The Morgan fingerprint density at radius 3 is 2.77 bits per heavy atom. The Kier molecular flexibility index (Phi) is 5.05. The highest BCUT2D eigenvalue weighted by molar-refractivity contribution is 5.15. The Labute approximate surface area is 77.8 Å². The predicted octanol–water partition coefficient (Wildman–Crippen LogP) is 1.06. The number of H-pyrrole nitrogens is 1. The zero-order chi connectivity index (χ0) is 9.36. The summed E-state index contributed by atoms with van der Waals surface area (Å²) in [6.07, 6.45) is 3.62. The van der Waals surface area contributed by atoms with Gasteiger partial charge in [-0.2, -0.15) is 0 Å². The van der Waals surface area contributed by atoms with Gasteiger partial charge in [0.1, 0.15) is 12.4 Å². The molecule has 4 heteroatoms. The molecule has 0 saturated heterocycles. The van der Waals surface area contributed by atoms with E-state index in [1.807, 2.05) is 12.3 Å². The molecule has 0 bridgehead atoms. The van der Waals surface area contributed by atoms with Gasteiger partial charge in [-0.3, -0.25) is 0 Å². The van der Waals surface area contributed by atoms with Gasteiger partial charge in [-0.05, 0) is 6.07 Å². The lowest BCUT2D eigenvalue weighted by Gasteiger charge is -2.04. The first kappa shape index (κ1) is 10.1. The quantitative estimate of drug-likeness (QED) is 0.646. The Morgan fingerprint density at radius 1 is 1.23 bits per heavy atom. The monoisotopic (exact) mass is 185 g/mol. The first-order valence-corrected chi connectivity index (χ1v) is 4.26. The van der Waals surface area contributed by atoms with Crippen LogP contribution in [0.5, 0.6) is 5.75 Å². The second-order valence-corrected chi connectivity index (χ2v) is 2.50. The molecule has 1 N–H and O–H groups in total. The molecule has 0 aliphatic rings. The first-order valence-electron chi connectivity index (χ1n) is 4.26. The highest BCUT2D eigenvalue weighted by atomic mass is 16.5. The number of aromatic nitrogens is 1. The molecule has 1 heterocycles.